The van der Waals surface area contributed by atoms with Crippen molar-refractivity contribution in [3.05, 3.63) is 0 Å². The second kappa shape index (κ2) is 6.61. The van der Waals surface area contributed by atoms with Crippen LogP contribution in [0.5, 0.6) is 0 Å². The highest BCUT2D eigenvalue weighted by Crippen LogP contribution is 2.47. The number of piperidine rings is 1. The van der Waals surface area contributed by atoms with Crippen LogP contribution in [0.2, 0.25) is 0 Å². The van der Waals surface area contributed by atoms with Crippen molar-refractivity contribution in [2.24, 2.45) is 29.1 Å². The van der Waals surface area contributed by atoms with Crippen molar-refractivity contribution in [3.8, 4) is 0 Å². The minimum atomic E-state index is 0.585. The Morgan fingerprint density at radius 1 is 1.05 bits per heavy atom. The molecule has 0 spiro atoms. The normalized spacial score (nSPS) is 39.2. The van der Waals surface area contributed by atoms with E-state index >= 15 is 0 Å². The second-order valence-corrected chi connectivity index (χ2v) is 8.34. The van der Waals surface area contributed by atoms with E-state index in [0.29, 0.717) is 5.41 Å². The fourth-order valence-electron chi connectivity index (χ4n) is 4.80. The fraction of sp³-hybridized carbons (Fsp3) is 1.00. The molecule has 2 unspecified atom stereocenters. The van der Waals surface area contributed by atoms with Crippen LogP contribution in [0.4, 0.5) is 0 Å². The molecule has 1 heterocycles. The van der Waals surface area contributed by atoms with Gasteiger partial charge in [0.1, 0.15) is 0 Å². The SMILES string of the molecule is CCCCC1CC([C@H]2CNC[C@@H](C)C2)CC(C)(C)C1. The van der Waals surface area contributed by atoms with Gasteiger partial charge in [-0.15, -0.1) is 0 Å². The molecule has 0 bridgehead atoms. The number of hydrogen-bond acceptors (Lipinski definition) is 1. The third-order valence-corrected chi connectivity index (χ3v) is 5.53. The highest BCUT2D eigenvalue weighted by molar-refractivity contribution is 4.89. The minimum absolute atomic E-state index is 0.585. The molecule has 2 rings (SSSR count). The van der Waals surface area contributed by atoms with E-state index in [1.807, 2.05) is 0 Å². The highest BCUT2D eigenvalue weighted by Gasteiger charge is 2.38. The molecule has 1 N–H and O–H groups in total. The number of unbranched alkanes of at least 4 members (excludes halogenated alkanes) is 1. The van der Waals surface area contributed by atoms with Crippen molar-refractivity contribution in [1.82, 2.24) is 5.32 Å². The van der Waals surface area contributed by atoms with E-state index in [1.54, 1.807) is 0 Å². The first-order valence-corrected chi connectivity index (χ1v) is 8.71. The fourth-order valence-corrected chi connectivity index (χ4v) is 4.80. The van der Waals surface area contributed by atoms with Crippen LogP contribution < -0.4 is 5.32 Å². The predicted molar refractivity (Wildman–Crippen MR) is 84.3 cm³/mol. The molecule has 1 saturated carbocycles. The van der Waals surface area contributed by atoms with Gasteiger partial charge in [-0.1, -0.05) is 47.0 Å². The third kappa shape index (κ3) is 4.48. The van der Waals surface area contributed by atoms with Gasteiger partial charge < -0.3 is 5.32 Å². The lowest BCUT2D eigenvalue weighted by atomic mass is 9.62. The summed E-state index contributed by atoms with van der Waals surface area (Å²) < 4.78 is 0. The molecular formula is C18H35N. The van der Waals surface area contributed by atoms with E-state index < -0.39 is 0 Å². The maximum Gasteiger partial charge on any atom is -0.00176 e. The highest BCUT2D eigenvalue weighted by atomic mass is 14.9. The van der Waals surface area contributed by atoms with Crippen LogP contribution in [-0.2, 0) is 0 Å². The number of rotatable bonds is 4. The van der Waals surface area contributed by atoms with Crippen LogP contribution in [0.1, 0.15) is 72.6 Å². The van der Waals surface area contributed by atoms with Crippen molar-refractivity contribution in [3.63, 3.8) is 0 Å². The average molecular weight is 265 g/mol. The van der Waals surface area contributed by atoms with Gasteiger partial charge in [0.25, 0.3) is 0 Å². The Hall–Kier alpha value is -0.0400. The van der Waals surface area contributed by atoms with Crippen LogP contribution in [0.25, 0.3) is 0 Å². The lowest BCUT2D eigenvalue weighted by molar-refractivity contribution is 0.0655. The molecule has 1 nitrogen and oxygen atoms in total. The van der Waals surface area contributed by atoms with E-state index in [0.717, 1.165) is 23.7 Å². The molecule has 112 valence electrons. The first kappa shape index (κ1) is 15.4. The van der Waals surface area contributed by atoms with E-state index in [4.69, 9.17) is 0 Å². The molecule has 0 amide bonds. The summed E-state index contributed by atoms with van der Waals surface area (Å²) in [6, 6.07) is 0. The van der Waals surface area contributed by atoms with Gasteiger partial charge in [0.2, 0.25) is 0 Å². The van der Waals surface area contributed by atoms with Crippen molar-refractivity contribution in [2.75, 3.05) is 13.1 Å². The molecule has 0 aromatic rings. The summed E-state index contributed by atoms with van der Waals surface area (Å²) in [5, 5.41) is 3.67. The quantitative estimate of drug-likeness (QED) is 0.765. The predicted octanol–water partition coefficient (Wildman–Crippen LogP) is 4.86. The zero-order valence-corrected chi connectivity index (χ0v) is 13.7. The van der Waals surface area contributed by atoms with Gasteiger partial charge in [0.05, 0.1) is 0 Å². The monoisotopic (exact) mass is 265 g/mol. The Kier molecular flexibility index (Phi) is 5.34. The standard InChI is InChI=1S/C18H35N/c1-5-6-7-15-9-16(11-18(3,4)10-15)17-8-14(2)12-19-13-17/h14-17,19H,5-13H2,1-4H3/t14-,15?,16?,17+/m0/s1. The van der Waals surface area contributed by atoms with Crippen molar-refractivity contribution >= 4 is 0 Å². The van der Waals surface area contributed by atoms with Gasteiger partial charge in [-0.25, -0.2) is 0 Å². The topological polar surface area (TPSA) is 12.0 Å². The number of nitrogens with one attached hydrogen (secondary N) is 1. The summed E-state index contributed by atoms with van der Waals surface area (Å²) in [4.78, 5) is 0. The zero-order valence-electron chi connectivity index (χ0n) is 13.7. The van der Waals surface area contributed by atoms with Crippen molar-refractivity contribution in [1.29, 1.82) is 0 Å². The second-order valence-electron chi connectivity index (χ2n) is 8.34. The maximum absolute atomic E-state index is 3.67. The van der Waals surface area contributed by atoms with Crippen LogP contribution in [0.15, 0.2) is 0 Å². The summed E-state index contributed by atoms with van der Waals surface area (Å²) in [6.07, 6.45) is 10.2. The smallest absolute Gasteiger partial charge is 0.00176 e. The molecule has 1 aliphatic heterocycles. The Bertz CT molecular complexity index is 271. The molecule has 1 saturated heterocycles. The van der Waals surface area contributed by atoms with Crippen LogP contribution in [0.3, 0.4) is 0 Å². The first-order chi connectivity index (χ1) is 9.00. The Balaban J connectivity index is 1.94. The molecule has 2 aliphatic rings. The van der Waals surface area contributed by atoms with Crippen molar-refractivity contribution < 1.29 is 0 Å². The van der Waals surface area contributed by atoms with Gasteiger partial charge in [0.15, 0.2) is 0 Å². The summed E-state index contributed by atoms with van der Waals surface area (Å²) >= 11 is 0. The molecule has 19 heavy (non-hydrogen) atoms. The van der Waals surface area contributed by atoms with Crippen molar-refractivity contribution in [2.45, 2.75) is 72.6 Å². The largest absolute Gasteiger partial charge is 0.316 e. The molecule has 0 radical (unpaired) electrons. The number of hydrogen-bond donors (Lipinski definition) is 1. The molecule has 1 aliphatic carbocycles. The third-order valence-electron chi connectivity index (χ3n) is 5.53. The molecule has 0 aromatic heterocycles. The Labute approximate surface area is 120 Å². The summed E-state index contributed by atoms with van der Waals surface area (Å²) in [5.74, 6) is 3.83. The summed E-state index contributed by atoms with van der Waals surface area (Å²) in [5.41, 5.74) is 0.585. The molecule has 4 atom stereocenters. The van der Waals surface area contributed by atoms with Crippen LogP contribution in [-0.4, -0.2) is 13.1 Å². The van der Waals surface area contributed by atoms with Gasteiger partial charge in [0, 0.05) is 0 Å². The van der Waals surface area contributed by atoms with E-state index in [-0.39, 0.29) is 0 Å². The van der Waals surface area contributed by atoms with Gasteiger partial charge in [-0.2, -0.15) is 0 Å². The lowest BCUT2D eigenvalue weighted by Gasteiger charge is -2.45. The van der Waals surface area contributed by atoms with Gasteiger partial charge >= 0.3 is 0 Å². The molecule has 1 heteroatoms. The lowest BCUT2D eigenvalue weighted by Crippen LogP contribution is -2.42. The first-order valence-electron chi connectivity index (χ1n) is 8.71. The van der Waals surface area contributed by atoms with Gasteiger partial charge in [-0.3, -0.25) is 0 Å². The summed E-state index contributed by atoms with van der Waals surface area (Å²) in [6.45, 7) is 12.3. The Morgan fingerprint density at radius 2 is 1.84 bits per heavy atom. The van der Waals surface area contributed by atoms with Gasteiger partial charge in [-0.05, 0) is 67.9 Å². The zero-order chi connectivity index (χ0) is 13.9. The molecule has 2 fully saturated rings. The van der Waals surface area contributed by atoms with Crippen LogP contribution in [0, 0.1) is 29.1 Å². The maximum atomic E-state index is 3.67. The molecule has 0 aromatic carbocycles. The van der Waals surface area contributed by atoms with E-state index in [9.17, 15) is 0 Å². The molecular weight excluding hydrogens is 230 g/mol. The average Bonchev–Trinajstić information content (AvgIpc) is 2.34. The minimum Gasteiger partial charge on any atom is -0.316 e. The van der Waals surface area contributed by atoms with Crippen LogP contribution >= 0.6 is 0 Å². The van der Waals surface area contributed by atoms with E-state index in [1.165, 1.54) is 58.0 Å². The Morgan fingerprint density at radius 3 is 2.53 bits per heavy atom. The van der Waals surface area contributed by atoms with E-state index in [2.05, 4.69) is 33.0 Å². The summed E-state index contributed by atoms with van der Waals surface area (Å²) in [7, 11) is 0.